The van der Waals surface area contributed by atoms with Gasteiger partial charge < -0.3 is 16.2 Å². The summed E-state index contributed by atoms with van der Waals surface area (Å²) in [6.45, 7) is 2.08. The van der Waals surface area contributed by atoms with E-state index in [1.165, 1.54) is 0 Å². The van der Waals surface area contributed by atoms with Crippen LogP contribution in [0.15, 0.2) is 54.6 Å². The number of nitrogens with one attached hydrogen (secondary N) is 1. The molecule has 0 fully saturated rings. The molecule has 0 aliphatic carbocycles. The van der Waals surface area contributed by atoms with Gasteiger partial charge in [-0.15, -0.1) is 0 Å². The lowest BCUT2D eigenvalue weighted by Gasteiger charge is -2.12. The summed E-state index contributed by atoms with van der Waals surface area (Å²) in [5.41, 5.74) is 8.40. The van der Waals surface area contributed by atoms with Crippen molar-refractivity contribution in [3.63, 3.8) is 0 Å². The number of hydrogen-bond donors (Lipinski definition) is 3. The molecule has 128 valence electrons. The van der Waals surface area contributed by atoms with Gasteiger partial charge in [-0.25, -0.2) is 4.98 Å². The highest BCUT2D eigenvalue weighted by molar-refractivity contribution is 5.93. The minimum atomic E-state index is -0.991. The van der Waals surface area contributed by atoms with E-state index < -0.39 is 12.0 Å². The predicted octanol–water partition coefficient (Wildman–Crippen LogP) is 3.50. The molecular formula is C20H21N3O2. The number of aliphatic carboxylic acids is 1. The summed E-state index contributed by atoms with van der Waals surface area (Å²) in [5.74, 6) is -0.167. The number of carbonyl (C=O) groups is 1. The van der Waals surface area contributed by atoms with Crippen LogP contribution in [0.1, 0.15) is 18.2 Å². The minimum absolute atomic E-state index is 0.308. The molecule has 0 aliphatic rings. The number of pyridine rings is 1. The maximum absolute atomic E-state index is 10.9. The first-order chi connectivity index (χ1) is 12.1. The predicted molar refractivity (Wildman–Crippen MR) is 100 cm³/mol. The van der Waals surface area contributed by atoms with Gasteiger partial charge in [-0.1, -0.05) is 43.3 Å². The second-order valence-electron chi connectivity index (χ2n) is 6.01. The Kier molecular flexibility index (Phi) is 4.95. The van der Waals surface area contributed by atoms with Gasteiger partial charge in [0, 0.05) is 16.8 Å². The van der Waals surface area contributed by atoms with Crippen LogP contribution in [0.25, 0.3) is 10.8 Å². The van der Waals surface area contributed by atoms with Gasteiger partial charge in [-0.3, -0.25) is 4.79 Å². The summed E-state index contributed by atoms with van der Waals surface area (Å²) in [7, 11) is 0. The van der Waals surface area contributed by atoms with E-state index in [4.69, 9.17) is 15.8 Å². The third kappa shape index (κ3) is 3.95. The van der Waals surface area contributed by atoms with Crippen LogP contribution in [-0.2, 0) is 17.6 Å². The molecule has 5 heteroatoms. The Labute approximate surface area is 146 Å². The molecule has 0 aliphatic heterocycles. The smallest absolute Gasteiger partial charge is 0.320 e. The average Bonchev–Trinajstić information content (AvgIpc) is 2.63. The van der Waals surface area contributed by atoms with Crippen LogP contribution in [0, 0.1) is 0 Å². The van der Waals surface area contributed by atoms with Crippen molar-refractivity contribution < 1.29 is 9.90 Å². The summed E-state index contributed by atoms with van der Waals surface area (Å²) in [6.07, 6.45) is 1.17. The fourth-order valence-corrected chi connectivity index (χ4v) is 2.73. The van der Waals surface area contributed by atoms with Gasteiger partial charge in [-0.05, 0) is 42.0 Å². The van der Waals surface area contributed by atoms with E-state index >= 15 is 0 Å². The zero-order valence-corrected chi connectivity index (χ0v) is 14.1. The zero-order chi connectivity index (χ0) is 17.8. The van der Waals surface area contributed by atoms with Crippen LogP contribution >= 0.6 is 0 Å². The number of carboxylic acids is 1. The number of nitrogens with two attached hydrogens (primary N) is 1. The molecule has 3 aromatic rings. The van der Waals surface area contributed by atoms with Crippen LogP contribution in [0.3, 0.4) is 0 Å². The van der Waals surface area contributed by atoms with Crippen LogP contribution in [0.2, 0.25) is 0 Å². The van der Waals surface area contributed by atoms with Crippen molar-refractivity contribution in [1.82, 2.24) is 4.98 Å². The van der Waals surface area contributed by atoms with E-state index in [1.54, 1.807) is 0 Å². The number of aryl methyl sites for hydroxylation is 1. The van der Waals surface area contributed by atoms with Crippen molar-refractivity contribution in [3.8, 4) is 0 Å². The highest BCUT2D eigenvalue weighted by Gasteiger charge is 2.12. The largest absolute Gasteiger partial charge is 0.480 e. The monoisotopic (exact) mass is 335 g/mol. The Morgan fingerprint density at radius 3 is 2.60 bits per heavy atom. The number of benzene rings is 2. The Morgan fingerprint density at radius 1 is 1.20 bits per heavy atom. The second kappa shape index (κ2) is 7.32. The Hall–Kier alpha value is -2.92. The quantitative estimate of drug-likeness (QED) is 0.642. The van der Waals surface area contributed by atoms with Gasteiger partial charge >= 0.3 is 5.97 Å². The number of nitrogens with zero attached hydrogens (tertiary/aromatic N) is 1. The molecule has 0 amide bonds. The fraction of sp³-hybridized carbons (Fsp3) is 0.200. The van der Waals surface area contributed by atoms with Crippen molar-refractivity contribution in [1.29, 1.82) is 0 Å². The number of hydrogen-bond acceptors (Lipinski definition) is 4. The Balaban J connectivity index is 1.85. The summed E-state index contributed by atoms with van der Waals surface area (Å²) in [4.78, 5) is 15.6. The van der Waals surface area contributed by atoms with E-state index in [2.05, 4.69) is 24.4 Å². The minimum Gasteiger partial charge on any atom is -0.480 e. The molecule has 0 bridgehead atoms. The van der Waals surface area contributed by atoms with Crippen molar-refractivity contribution in [2.75, 3.05) is 5.32 Å². The molecule has 0 saturated carbocycles. The van der Waals surface area contributed by atoms with Gasteiger partial charge in [0.1, 0.15) is 11.9 Å². The Bertz CT molecular complexity index is 891. The van der Waals surface area contributed by atoms with E-state index in [0.29, 0.717) is 6.42 Å². The first-order valence-corrected chi connectivity index (χ1v) is 8.30. The van der Waals surface area contributed by atoms with Crippen LogP contribution in [0.4, 0.5) is 11.5 Å². The molecule has 0 unspecified atom stereocenters. The lowest BCUT2D eigenvalue weighted by molar-refractivity contribution is -0.138. The third-order valence-electron chi connectivity index (χ3n) is 4.15. The van der Waals surface area contributed by atoms with Crippen LogP contribution in [0.5, 0.6) is 0 Å². The van der Waals surface area contributed by atoms with Crippen LogP contribution < -0.4 is 11.1 Å². The molecule has 1 heterocycles. The maximum Gasteiger partial charge on any atom is 0.320 e. The van der Waals surface area contributed by atoms with Gasteiger partial charge in [0.15, 0.2) is 0 Å². The molecule has 2 aromatic carbocycles. The molecule has 5 nitrogen and oxygen atoms in total. The van der Waals surface area contributed by atoms with Crippen molar-refractivity contribution >= 4 is 28.2 Å². The van der Waals surface area contributed by atoms with Gasteiger partial charge in [-0.2, -0.15) is 0 Å². The van der Waals surface area contributed by atoms with Crippen LogP contribution in [-0.4, -0.2) is 22.1 Å². The maximum atomic E-state index is 10.9. The first-order valence-electron chi connectivity index (χ1n) is 8.30. The molecule has 0 spiro atoms. The second-order valence-corrected chi connectivity index (χ2v) is 6.01. The van der Waals surface area contributed by atoms with Crippen molar-refractivity contribution in [3.05, 3.63) is 65.9 Å². The lowest BCUT2D eigenvalue weighted by Crippen LogP contribution is -2.32. The number of fused-ring (bicyclic) bond motifs is 1. The molecule has 0 saturated heterocycles. The zero-order valence-electron chi connectivity index (χ0n) is 14.1. The van der Waals surface area contributed by atoms with Gasteiger partial charge in [0.05, 0.1) is 0 Å². The molecule has 4 N–H and O–H groups in total. The highest BCUT2D eigenvalue weighted by atomic mass is 16.4. The standard InChI is InChI=1S/C20H21N3O2/c1-2-15-12-14-5-3-4-6-17(14)19(22-15)23-16-9-7-13(8-10-16)11-18(21)20(24)25/h3-10,12,18H,2,11,21H2,1H3,(H,22,23)(H,24,25)/t18-/m0/s1. The SMILES string of the molecule is CCc1cc2ccccc2c(Nc2ccc(C[C@H](N)C(=O)O)cc2)n1. The average molecular weight is 335 g/mol. The number of aromatic nitrogens is 1. The summed E-state index contributed by atoms with van der Waals surface area (Å²) < 4.78 is 0. The molecular weight excluding hydrogens is 314 g/mol. The van der Waals surface area contributed by atoms with Crippen molar-refractivity contribution in [2.24, 2.45) is 5.73 Å². The first kappa shape index (κ1) is 16.9. The molecule has 25 heavy (non-hydrogen) atoms. The normalized spacial score (nSPS) is 12.1. The third-order valence-corrected chi connectivity index (χ3v) is 4.15. The summed E-state index contributed by atoms with van der Waals surface area (Å²) in [5, 5.41) is 14.5. The highest BCUT2D eigenvalue weighted by Crippen LogP contribution is 2.26. The van der Waals surface area contributed by atoms with E-state index in [0.717, 1.165) is 40.0 Å². The lowest BCUT2D eigenvalue weighted by atomic mass is 10.1. The molecule has 0 radical (unpaired) electrons. The molecule has 1 aromatic heterocycles. The number of carboxylic acid groups (broad SMARTS) is 1. The van der Waals surface area contributed by atoms with E-state index in [1.807, 2.05) is 42.5 Å². The topological polar surface area (TPSA) is 88.2 Å². The van der Waals surface area contributed by atoms with Crippen molar-refractivity contribution in [2.45, 2.75) is 25.8 Å². The molecule has 1 atom stereocenters. The summed E-state index contributed by atoms with van der Waals surface area (Å²) >= 11 is 0. The number of anilines is 2. The Morgan fingerprint density at radius 2 is 1.92 bits per heavy atom. The molecule has 3 rings (SSSR count). The van der Waals surface area contributed by atoms with E-state index in [9.17, 15) is 4.79 Å². The fourth-order valence-electron chi connectivity index (χ4n) is 2.73. The van der Waals surface area contributed by atoms with Gasteiger partial charge in [0.2, 0.25) is 0 Å². The number of rotatable bonds is 6. The summed E-state index contributed by atoms with van der Waals surface area (Å²) in [6, 6.07) is 17.0. The van der Waals surface area contributed by atoms with E-state index in [-0.39, 0.29) is 0 Å². The van der Waals surface area contributed by atoms with Gasteiger partial charge in [0.25, 0.3) is 0 Å².